The molecule has 1 heterocycles. The molecule has 0 radical (unpaired) electrons. The number of carbonyl (C=O) groups excluding carboxylic acids is 2. The summed E-state index contributed by atoms with van der Waals surface area (Å²) < 4.78 is 0. The summed E-state index contributed by atoms with van der Waals surface area (Å²) in [6, 6.07) is 7.16. The first kappa shape index (κ1) is 11.4. The summed E-state index contributed by atoms with van der Waals surface area (Å²) >= 11 is 0. The third-order valence-corrected chi connectivity index (χ3v) is 2.87. The van der Waals surface area contributed by atoms with E-state index in [1.54, 1.807) is 21.9 Å². The number of anilines is 2. The molecule has 1 aromatic rings. The minimum atomic E-state index is -0.0599. The molecule has 1 aromatic carbocycles. The van der Waals surface area contributed by atoms with Crippen LogP contribution in [0.1, 0.15) is 6.92 Å². The highest BCUT2D eigenvalue weighted by Crippen LogP contribution is 2.18. The molecule has 1 saturated heterocycles. The van der Waals surface area contributed by atoms with E-state index in [1.807, 2.05) is 12.1 Å². The lowest BCUT2D eigenvalue weighted by atomic mass is 10.2. The molecule has 0 aromatic heterocycles. The Labute approximate surface area is 99.8 Å². The molecule has 0 bridgehead atoms. The van der Waals surface area contributed by atoms with E-state index >= 15 is 0 Å². The number of benzene rings is 1. The predicted octanol–water partition coefficient (Wildman–Crippen LogP) is 0.464. The molecule has 5 nitrogen and oxygen atoms in total. The van der Waals surface area contributed by atoms with Gasteiger partial charge in [-0.3, -0.25) is 9.59 Å². The summed E-state index contributed by atoms with van der Waals surface area (Å²) in [5.41, 5.74) is 7.09. The Bertz CT molecular complexity index is 442. The molecule has 2 rings (SSSR count). The van der Waals surface area contributed by atoms with Crippen molar-refractivity contribution in [3.05, 3.63) is 24.3 Å². The Kier molecular flexibility index (Phi) is 2.99. The fourth-order valence-electron chi connectivity index (χ4n) is 1.87. The molecule has 17 heavy (non-hydrogen) atoms. The van der Waals surface area contributed by atoms with Crippen molar-refractivity contribution in [2.75, 3.05) is 30.3 Å². The number of nitrogens with two attached hydrogens (primary N) is 1. The van der Waals surface area contributed by atoms with Gasteiger partial charge >= 0.3 is 0 Å². The van der Waals surface area contributed by atoms with Crippen LogP contribution in [0.4, 0.5) is 11.4 Å². The maximum Gasteiger partial charge on any atom is 0.246 e. The molecule has 2 N–H and O–H groups in total. The zero-order chi connectivity index (χ0) is 12.4. The Balaban J connectivity index is 2.12. The number of piperazine rings is 1. The molecule has 1 aliphatic heterocycles. The monoisotopic (exact) mass is 233 g/mol. The zero-order valence-corrected chi connectivity index (χ0v) is 9.72. The number of amides is 2. The highest BCUT2D eigenvalue weighted by molar-refractivity contribution is 5.97. The highest BCUT2D eigenvalue weighted by atomic mass is 16.2. The van der Waals surface area contributed by atoms with E-state index in [9.17, 15) is 9.59 Å². The van der Waals surface area contributed by atoms with E-state index in [4.69, 9.17) is 5.73 Å². The van der Waals surface area contributed by atoms with Gasteiger partial charge in [-0.2, -0.15) is 0 Å². The molecule has 90 valence electrons. The Morgan fingerprint density at radius 3 is 2.41 bits per heavy atom. The third-order valence-electron chi connectivity index (χ3n) is 2.87. The summed E-state index contributed by atoms with van der Waals surface area (Å²) in [4.78, 5) is 26.3. The molecular formula is C12H15N3O2. The molecule has 0 spiro atoms. The Morgan fingerprint density at radius 2 is 1.88 bits per heavy atom. The standard InChI is InChI=1S/C12H15N3O2/c1-9(16)14-6-7-15(12(17)8-14)11-4-2-10(13)3-5-11/h2-5H,6-8,13H2,1H3. The van der Waals surface area contributed by atoms with E-state index in [0.29, 0.717) is 18.8 Å². The van der Waals surface area contributed by atoms with Gasteiger partial charge in [0, 0.05) is 31.4 Å². The van der Waals surface area contributed by atoms with Crippen molar-refractivity contribution in [1.82, 2.24) is 4.90 Å². The van der Waals surface area contributed by atoms with Crippen LogP contribution in [-0.2, 0) is 9.59 Å². The van der Waals surface area contributed by atoms with Gasteiger partial charge in [0.15, 0.2) is 0 Å². The van der Waals surface area contributed by atoms with Crippen LogP contribution in [0.2, 0.25) is 0 Å². The van der Waals surface area contributed by atoms with E-state index in [-0.39, 0.29) is 18.4 Å². The fraction of sp³-hybridized carbons (Fsp3) is 0.333. The molecule has 5 heteroatoms. The van der Waals surface area contributed by atoms with Gasteiger partial charge in [0.1, 0.15) is 6.54 Å². The quantitative estimate of drug-likeness (QED) is 0.717. The summed E-state index contributed by atoms with van der Waals surface area (Å²) in [7, 11) is 0. The summed E-state index contributed by atoms with van der Waals surface area (Å²) in [5.74, 6) is -0.119. The lowest BCUT2D eigenvalue weighted by Gasteiger charge is -2.33. The number of nitrogens with zero attached hydrogens (tertiary/aromatic N) is 2. The largest absolute Gasteiger partial charge is 0.399 e. The van der Waals surface area contributed by atoms with Gasteiger partial charge in [-0.1, -0.05) is 0 Å². The van der Waals surface area contributed by atoms with E-state index in [2.05, 4.69) is 0 Å². The lowest BCUT2D eigenvalue weighted by Crippen LogP contribution is -2.51. The molecule has 0 unspecified atom stereocenters. The van der Waals surface area contributed by atoms with Gasteiger partial charge in [-0.05, 0) is 24.3 Å². The summed E-state index contributed by atoms with van der Waals surface area (Å²) in [5, 5.41) is 0. The van der Waals surface area contributed by atoms with Gasteiger partial charge in [-0.15, -0.1) is 0 Å². The average Bonchev–Trinajstić information content (AvgIpc) is 2.30. The van der Waals surface area contributed by atoms with Crippen molar-refractivity contribution in [3.8, 4) is 0 Å². The second-order valence-electron chi connectivity index (χ2n) is 4.08. The molecule has 0 saturated carbocycles. The second kappa shape index (κ2) is 4.45. The van der Waals surface area contributed by atoms with E-state index < -0.39 is 0 Å². The number of hydrogen-bond acceptors (Lipinski definition) is 3. The first-order valence-corrected chi connectivity index (χ1v) is 5.49. The summed E-state index contributed by atoms with van der Waals surface area (Å²) in [6.07, 6.45) is 0. The number of nitrogen functional groups attached to an aromatic ring is 1. The predicted molar refractivity (Wildman–Crippen MR) is 65.5 cm³/mol. The normalized spacial score (nSPS) is 16.2. The lowest BCUT2D eigenvalue weighted by molar-refractivity contribution is -0.135. The van der Waals surface area contributed by atoms with Crippen LogP contribution in [-0.4, -0.2) is 36.3 Å². The molecule has 0 atom stereocenters. The molecule has 1 fully saturated rings. The molecule has 0 aliphatic carbocycles. The maximum atomic E-state index is 11.9. The Morgan fingerprint density at radius 1 is 1.24 bits per heavy atom. The number of rotatable bonds is 1. The topological polar surface area (TPSA) is 66.6 Å². The van der Waals surface area contributed by atoms with E-state index in [1.165, 1.54) is 6.92 Å². The average molecular weight is 233 g/mol. The number of hydrogen-bond donors (Lipinski definition) is 1. The minimum absolute atomic E-state index is 0.0591. The van der Waals surface area contributed by atoms with Crippen molar-refractivity contribution in [2.24, 2.45) is 0 Å². The SMILES string of the molecule is CC(=O)N1CCN(c2ccc(N)cc2)C(=O)C1. The minimum Gasteiger partial charge on any atom is -0.399 e. The van der Waals surface area contributed by atoms with Gasteiger partial charge in [0.05, 0.1) is 0 Å². The fourth-order valence-corrected chi connectivity index (χ4v) is 1.87. The van der Waals surface area contributed by atoms with Gasteiger partial charge in [0.25, 0.3) is 0 Å². The van der Waals surface area contributed by atoms with Crippen LogP contribution in [0.5, 0.6) is 0 Å². The zero-order valence-electron chi connectivity index (χ0n) is 9.72. The smallest absolute Gasteiger partial charge is 0.246 e. The van der Waals surface area contributed by atoms with E-state index in [0.717, 1.165) is 5.69 Å². The number of carbonyl (C=O) groups is 2. The molecule has 2 amide bonds. The van der Waals surface area contributed by atoms with Crippen LogP contribution < -0.4 is 10.6 Å². The van der Waals surface area contributed by atoms with Crippen molar-refractivity contribution in [3.63, 3.8) is 0 Å². The first-order chi connectivity index (χ1) is 8.08. The molecular weight excluding hydrogens is 218 g/mol. The molecule has 1 aliphatic rings. The first-order valence-electron chi connectivity index (χ1n) is 5.49. The van der Waals surface area contributed by atoms with Crippen LogP contribution in [0.25, 0.3) is 0 Å². The van der Waals surface area contributed by atoms with Crippen molar-refractivity contribution < 1.29 is 9.59 Å². The van der Waals surface area contributed by atoms with Crippen LogP contribution in [0.3, 0.4) is 0 Å². The third kappa shape index (κ3) is 2.38. The van der Waals surface area contributed by atoms with Crippen LogP contribution in [0.15, 0.2) is 24.3 Å². The highest BCUT2D eigenvalue weighted by Gasteiger charge is 2.26. The van der Waals surface area contributed by atoms with Crippen molar-refractivity contribution >= 4 is 23.2 Å². The van der Waals surface area contributed by atoms with Gasteiger partial charge in [0.2, 0.25) is 11.8 Å². The van der Waals surface area contributed by atoms with Crippen molar-refractivity contribution in [2.45, 2.75) is 6.92 Å². The van der Waals surface area contributed by atoms with Crippen molar-refractivity contribution in [1.29, 1.82) is 0 Å². The van der Waals surface area contributed by atoms with Gasteiger partial charge in [-0.25, -0.2) is 0 Å². The van der Waals surface area contributed by atoms with Gasteiger partial charge < -0.3 is 15.5 Å². The second-order valence-corrected chi connectivity index (χ2v) is 4.08. The Hall–Kier alpha value is -2.04. The van der Waals surface area contributed by atoms with Crippen LogP contribution in [0, 0.1) is 0 Å². The maximum absolute atomic E-state index is 11.9. The summed E-state index contributed by atoms with van der Waals surface area (Å²) in [6.45, 7) is 2.74. The van der Waals surface area contributed by atoms with Crippen LogP contribution >= 0.6 is 0 Å².